The number of guanidine groups is 1. The van der Waals surface area contributed by atoms with E-state index >= 15 is 0 Å². The van der Waals surface area contributed by atoms with Gasteiger partial charge in [0.05, 0.1) is 54.9 Å². The van der Waals surface area contributed by atoms with E-state index < -0.39 is 156 Å². The van der Waals surface area contributed by atoms with Crippen molar-refractivity contribution in [1.82, 2.24) is 42.5 Å². The number of carboxylic acid groups (broad SMARTS) is 1. The number of nitrogens with one attached hydrogen (secondary N) is 8. The molecule has 13 atom stereocenters. The van der Waals surface area contributed by atoms with E-state index in [2.05, 4.69) is 61.0 Å². The number of carbonyl (C=O) groups excluding carboxylic acids is 13. The lowest BCUT2D eigenvalue weighted by Gasteiger charge is -2.27. The Hall–Kier alpha value is -8.64. The number of phenolic OH excluding ortho intramolecular Hbond substituents is 1. The Morgan fingerprint density at radius 3 is 1.38 bits per heavy atom. The van der Waals surface area contributed by atoms with Crippen molar-refractivity contribution in [2.24, 2.45) is 92.5 Å². The van der Waals surface area contributed by atoms with Crippen LogP contribution in [0.5, 0.6) is 5.75 Å². The average Bonchev–Trinajstić information content (AvgIpc) is 0.855. The largest absolute Gasteiger partial charge is 0.508 e. The number of nitrogens with two attached hydrogens (primary N) is 7. The molecule has 0 spiro atoms. The fourth-order valence-corrected chi connectivity index (χ4v) is 15.2. The number of phenols is 1. The number of primary amides is 1. The van der Waals surface area contributed by atoms with Gasteiger partial charge in [-0.05, 0) is 164 Å². The van der Waals surface area contributed by atoms with Crippen LogP contribution < -0.4 is 82.7 Å². The summed E-state index contributed by atoms with van der Waals surface area (Å²) in [5.74, 6) is -13.1. The number of amides is 8. The van der Waals surface area contributed by atoms with Crippen LogP contribution in [-0.4, -0.2) is 209 Å². The number of carboxylic acids is 1. The first kappa shape index (κ1) is 117. The molecule has 35 heteroatoms. The lowest BCUT2D eigenvalue weighted by molar-refractivity contribution is -0.142. The molecular formula is C91H162N16O18S. The minimum Gasteiger partial charge on any atom is -0.508 e. The van der Waals surface area contributed by atoms with E-state index in [4.69, 9.17) is 40.1 Å². The minimum atomic E-state index is -1.64. The van der Waals surface area contributed by atoms with E-state index in [-0.39, 0.29) is 130 Å². The number of thioether (sulfide) groups is 1. The highest BCUT2D eigenvalue weighted by Gasteiger charge is 2.38. The molecule has 1 aromatic carbocycles. The monoisotopic (exact) mass is 1800 g/mol. The van der Waals surface area contributed by atoms with Gasteiger partial charge in [0.25, 0.3) is 0 Å². The van der Waals surface area contributed by atoms with Crippen LogP contribution in [0.2, 0.25) is 0 Å². The van der Waals surface area contributed by atoms with Gasteiger partial charge >= 0.3 is 5.97 Å². The van der Waals surface area contributed by atoms with Gasteiger partial charge in [-0.25, -0.2) is 0 Å². The van der Waals surface area contributed by atoms with Crippen LogP contribution in [0.1, 0.15) is 285 Å². The molecule has 0 saturated heterocycles. The maximum Gasteiger partial charge on any atom is 0.305 e. The second kappa shape index (κ2) is 70.4. The molecule has 1 aromatic rings. The molecule has 0 unspecified atom stereocenters. The highest BCUT2D eigenvalue weighted by molar-refractivity contribution is 7.98. The second-order valence-electron chi connectivity index (χ2n) is 34.4. The molecular weight excluding hydrogens is 1640 g/mol. The van der Waals surface area contributed by atoms with E-state index in [9.17, 15) is 87.5 Å². The molecule has 0 saturated carbocycles. The molecule has 0 radical (unpaired) electrons. The van der Waals surface area contributed by atoms with Gasteiger partial charge in [-0.2, -0.15) is 11.8 Å². The van der Waals surface area contributed by atoms with Gasteiger partial charge in [-0.3, -0.25) is 72.1 Å². The number of hydrogen-bond donors (Lipinski definition) is 19. The Balaban J connectivity index is 0.00000248. The first-order chi connectivity index (χ1) is 59.8. The molecule has 0 heterocycles. The van der Waals surface area contributed by atoms with Crippen LogP contribution in [0.15, 0.2) is 41.7 Å². The SMILES string of the molecule is C=C(N)NCCC[C@H](NC(=O)[C@H](Cc1ccc(O)cc1)NC(=O)[C@H](CCCCN)CC(=O)[C@H](CC(=O)O)NC(=O)[C@@H](CC(=O)[C@@H](C)CCSC)[C@@H](C)O)C(=O)N[C@@H](CC(C)C)C(N)=O.CCCCCCCCCCCCCCCC(=O)C[C@@H](CCCCN)C(=O)N[C@@H](CCCCN)C(=O)C[C@@H](CC(C)C)C(=O)N[C@@H](CCCN=C(N)N)C(=O)C[C@@H](CO)C(=O)NC. The average molecular weight is 1800 g/mol. The topological polar surface area (TPSA) is 611 Å². The first-order valence-corrected chi connectivity index (χ1v) is 47.3. The number of rotatable bonds is 76. The van der Waals surface area contributed by atoms with Gasteiger partial charge in [0, 0.05) is 88.8 Å². The predicted molar refractivity (Wildman–Crippen MR) is 494 cm³/mol. The summed E-state index contributed by atoms with van der Waals surface area (Å²) in [6, 6.07) is -1.36. The van der Waals surface area contributed by atoms with Gasteiger partial charge in [0.1, 0.15) is 35.4 Å². The Kier molecular flexibility index (Phi) is 65.5. The van der Waals surface area contributed by atoms with Crippen molar-refractivity contribution < 1.29 is 87.5 Å². The van der Waals surface area contributed by atoms with Crippen molar-refractivity contribution >= 4 is 99.9 Å². The minimum absolute atomic E-state index is 0.0136. The van der Waals surface area contributed by atoms with Gasteiger partial charge in [0.15, 0.2) is 23.3 Å². The number of hydrogen-bond acceptors (Lipinski definition) is 24. The number of aliphatic imine (C=N–C) groups is 1. The molecule has 0 aromatic heterocycles. The summed E-state index contributed by atoms with van der Waals surface area (Å²) in [5, 5.41) is 61.4. The van der Waals surface area contributed by atoms with Gasteiger partial charge in [-0.15, -0.1) is 0 Å². The number of aliphatic carboxylic acids is 1. The van der Waals surface area contributed by atoms with E-state index in [0.717, 1.165) is 19.3 Å². The number of nitrogens with zero attached hydrogens (tertiary/aromatic N) is 1. The number of Topliss-reactive ketones (excluding diaryl/α,β-unsaturated/α-hetero) is 5. The zero-order chi connectivity index (χ0) is 95.1. The summed E-state index contributed by atoms with van der Waals surface area (Å²) in [6.45, 7) is 17.5. The van der Waals surface area contributed by atoms with E-state index in [1.807, 2.05) is 34.0 Å². The zero-order valence-electron chi connectivity index (χ0n) is 77.2. The van der Waals surface area contributed by atoms with Gasteiger partial charge < -0.3 is 103 Å². The first-order valence-electron chi connectivity index (χ1n) is 45.9. The van der Waals surface area contributed by atoms with E-state index in [1.54, 1.807) is 18.7 Å². The fraction of sp³-hybridized carbons (Fsp3) is 0.747. The molecule has 0 aliphatic rings. The number of ketones is 5. The molecule has 1 rings (SSSR count). The number of unbranched alkanes of at least 4 members (excludes halogenated alkanes) is 15. The summed E-state index contributed by atoms with van der Waals surface area (Å²) in [7, 11) is 1.41. The van der Waals surface area contributed by atoms with Crippen LogP contribution >= 0.6 is 11.8 Å². The summed E-state index contributed by atoms with van der Waals surface area (Å²) >= 11 is 1.55. The third-order valence-corrected chi connectivity index (χ3v) is 22.8. The Morgan fingerprint density at radius 2 is 0.905 bits per heavy atom. The molecule has 0 aliphatic carbocycles. The van der Waals surface area contributed by atoms with Crippen LogP contribution in [0.4, 0.5) is 0 Å². The smallest absolute Gasteiger partial charge is 0.305 e. The van der Waals surface area contributed by atoms with E-state index in [1.165, 1.54) is 102 Å². The van der Waals surface area contributed by atoms with Gasteiger partial charge in [0.2, 0.25) is 47.3 Å². The maximum atomic E-state index is 14.2. The second-order valence-corrected chi connectivity index (χ2v) is 35.4. The van der Waals surface area contributed by atoms with Crippen molar-refractivity contribution in [2.75, 3.05) is 58.4 Å². The molecule has 0 fully saturated rings. The van der Waals surface area contributed by atoms with Crippen LogP contribution in [0.3, 0.4) is 0 Å². The molecule has 0 bridgehead atoms. The van der Waals surface area contributed by atoms with Crippen molar-refractivity contribution in [3.05, 3.63) is 42.2 Å². The Morgan fingerprint density at radius 1 is 0.460 bits per heavy atom. The number of carbonyl (C=O) groups is 14. The van der Waals surface area contributed by atoms with E-state index in [0.29, 0.717) is 108 Å². The maximum absolute atomic E-state index is 14.2. The number of aliphatic hydroxyl groups excluding tert-OH is 2. The quantitative estimate of drug-likeness (QED) is 0.0202. The van der Waals surface area contributed by atoms with Crippen LogP contribution in [0.25, 0.3) is 0 Å². The number of aromatic hydroxyl groups is 1. The lowest BCUT2D eigenvalue weighted by atomic mass is 9.87. The van der Waals surface area contributed by atoms with Crippen LogP contribution in [-0.2, 0) is 73.5 Å². The summed E-state index contributed by atoms with van der Waals surface area (Å²) in [4.78, 5) is 192. The van der Waals surface area contributed by atoms with Gasteiger partial charge in [-0.1, -0.05) is 150 Å². The van der Waals surface area contributed by atoms with Crippen molar-refractivity contribution in [3.8, 4) is 5.75 Å². The molecule has 720 valence electrons. The molecule has 0 aliphatic heterocycles. The summed E-state index contributed by atoms with van der Waals surface area (Å²) in [5.41, 5.74) is 39.9. The fourth-order valence-electron chi connectivity index (χ4n) is 14.6. The molecule has 8 amide bonds. The lowest BCUT2D eigenvalue weighted by Crippen LogP contribution is -2.57. The van der Waals surface area contributed by atoms with Crippen LogP contribution in [0, 0.1) is 47.3 Å². The number of benzene rings is 1. The van der Waals surface area contributed by atoms with Crippen molar-refractivity contribution in [1.29, 1.82) is 0 Å². The Labute approximate surface area is 753 Å². The number of aliphatic hydroxyl groups is 2. The third-order valence-electron chi connectivity index (χ3n) is 22.2. The predicted octanol–water partition coefficient (Wildman–Crippen LogP) is 5.99. The highest BCUT2D eigenvalue weighted by Crippen LogP contribution is 2.26. The third kappa shape index (κ3) is 55.2. The zero-order valence-corrected chi connectivity index (χ0v) is 78.0. The van der Waals surface area contributed by atoms with Crippen molar-refractivity contribution in [3.63, 3.8) is 0 Å². The molecule has 26 N–H and O–H groups in total. The summed E-state index contributed by atoms with van der Waals surface area (Å²) < 4.78 is 0. The molecule has 126 heavy (non-hydrogen) atoms. The standard InChI is InChI=1S/C47H90N8O7.C44H72N8O11S/c1-5-6-7-8-9-10-11-12-13-14-15-16-17-24-39(57)31-36(23-18-20-27-48)45(61)54-40(25-19-21-28-49)42(58)32-37(30-35(2)3)46(62)55-41(26-22-29-53-47(50)51)43(59)33-38(34-56)44(60)52-4;1-25(2)20-35(40(47)59)51-43(62)33(11-9-18-48-28(5)46)49-44(63)36(21-29-12-14-31(54)15-13-29)52-41(60)30(10-7-8-17-45)22-38(56)34(24-39(57)58)50-42(61)32(27(4)53)23-37(55)26(3)16-19-64-6/h35-38,40-41,56H,5-34,48-49H2,1-4H3,(H,52,60)(H,54,61)(H,55,62)(H4,50,51,53);12-15,25-27,30,32-36,48,53-54H,5,7-11,16-24,45-46H2,1-4,6H3,(H2,47,59)(H,49,63)(H,50,61)(H,51,62)(H,52,60)(H,57,58)/t36-,37-,38+,40+,41+;26-,27+,30+,32-,33-,34-,35-,36-/m10/s1. The highest BCUT2D eigenvalue weighted by atomic mass is 32.2. The normalized spacial score (nSPS) is 14.3. The Bertz CT molecular complexity index is 3420. The summed E-state index contributed by atoms with van der Waals surface area (Å²) in [6.07, 6.45) is 20.8. The van der Waals surface area contributed by atoms with Crippen molar-refractivity contribution in [2.45, 2.75) is 328 Å². The molecule has 34 nitrogen and oxygen atoms in total.